The lowest BCUT2D eigenvalue weighted by atomic mass is 10.3. The fourth-order valence-electron chi connectivity index (χ4n) is 1.68. The molecule has 19 heavy (non-hydrogen) atoms. The number of hydrogen-bond donors (Lipinski definition) is 2. The minimum Gasteiger partial charge on any atom is -0.325 e. The second-order valence-corrected chi connectivity index (χ2v) is 5.20. The zero-order valence-corrected chi connectivity index (χ0v) is 11.8. The molecule has 102 valence electrons. The quantitative estimate of drug-likeness (QED) is 0.779. The summed E-state index contributed by atoms with van der Waals surface area (Å²) < 4.78 is 1.70. The summed E-state index contributed by atoms with van der Waals surface area (Å²) in [6, 6.07) is 1.92. The van der Waals surface area contributed by atoms with E-state index in [-0.39, 0.29) is 5.91 Å². The Kier molecular flexibility index (Phi) is 4.64. The van der Waals surface area contributed by atoms with Crippen molar-refractivity contribution in [1.82, 2.24) is 20.1 Å². The Morgan fingerprint density at radius 3 is 3.05 bits per heavy atom. The number of nitrogens with one attached hydrogen (secondary N) is 2. The fourth-order valence-corrected chi connectivity index (χ4v) is 2.48. The Balaban J connectivity index is 1.76. The molecule has 0 fully saturated rings. The second kappa shape index (κ2) is 6.44. The molecule has 1 amide bonds. The van der Waals surface area contributed by atoms with Gasteiger partial charge >= 0.3 is 0 Å². The molecule has 7 heteroatoms. The van der Waals surface area contributed by atoms with Gasteiger partial charge < -0.3 is 10.6 Å². The van der Waals surface area contributed by atoms with Gasteiger partial charge in [-0.15, -0.1) is 11.3 Å². The maximum absolute atomic E-state index is 11.0. The first kappa shape index (κ1) is 13.7. The van der Waals surface area contributed by atoms with E-state index in [4.69, 9.17) is 0 Å². The van der Waals surface area contributed by atoms with Crippen molar-refractivity contribution < 1.29 is 4.79 Å². The van der Waals surface area contributed by atoms with Crippen molar-refractivity contribution in [3.05, 3.63) is 28.5 Å². The average Bonchev–Trinajstić information content (AvgIpc) is 2.94. The molecule has 0 bridgehead atoms. The van der Waals surface area contributed by atoms with Crippen molar-refractivity contribution in [2.45, 2.75) is 19.9 Å². The number of hydrogen-bond acceptors (Lipinski definition) is 5. The molecule has 0 aliphatic rings. The molecule has 0 unspecified atom stereocenters. The standard InChI is InChI=1S/C12H17N5OS/c1-9(18)15-10-4-6-19-11(10)7-13-5-3-12-14-8-17(2)16-12/h4,6,8,13H,3,5,7H2,1-2H3,(H,15,18). The van der Waals surface area contributed by atoms with Crippen LogP contribution in [0.15, 0.2) is 17.8 Å². The van der Waals surface area contributed by atoms with Crippen LogP contribution >= 0.6 is 11.3 Å². The molecular formula is C12H17N5OS. The van der Waals surface area contributed by atoms with E-state index in [2.05, 4.69) is 20.7 Å². The number of aromatic nitrogens is 3. The summed E-state index contributed by atoms with van der Waals surface area (Å²) in [5, 5.41) is 12.3. The predicted molar refractivity (Wildman–Crippen MR) is 75.0 cm³/mol. The Labute approximate surface area is 115 Å². The Bertz CT molecular complexity index is 548. The van der Waals surface area contributed by atoms with Crippen LogP contribution in [0.25, 0.3) is 0 Å². The monoisotopic (exact) mass is 279 g/mol. The Hall–Kier alpha value is -1.73. The molecule has 0 aliphatic heterocycles. The number of rotatable bonds is 6. The topological polar surface area (TPSA) is 71.8 Å². The van der Waals surface area contributed by atoms with Crippen LogP contribution < -0.4 is 10.6 Å². The molecule has 0 radical (unpaired) electrons. The summed E-state index contributed by atoms with van der Waals surface area (Å²) in [5.41, 5.74) is 0.890. The first-order chi connectivity index (χ1) is 9.15. The molecule has 0 saturated heterocycles. The highest BCUT2D eigenvalue weighted by Crippen LogP contribution is 2.21. The number of aryl methyl sites for hydroxylation is 1. The number of anilines is 1. The van der Waals surface area contributed by atoms with Crippen LogP contribution in [0.2, 0.25) is 0 Å². The number of carbonyl (C=O) groups excluding carboxylic acids is 1. The minimum absolute atomic E-state index is 0.0441. The maximum Gasteiger partial charge on any atom is 0.221 e. The Morgan fingerprint density at radius 2 is 2.37 bits per heavy atom. The van der Waals surface area contributed by atoms with E-state index in [9.17, 15) is 4.79 Å². The third-order valence-electron chi connectivity index (χ3n) is 2.51. The molecule has 2 heterocycles. The van der Waals surface area contributed by atoms with Gasteiger partial charge in [0, 0.05) is 38.4 Å². The molecule has 0 aromatic carbocycles. The lowest BCUT2D eigenvalue weighted by Gasteiger charge is -2.05. The lowest BCUT2D eigenvalue weighted by molar-refractivity contribution is -0.114. The van der Waals surface area contributed by atoms with Gasteiger partial charge in [-0.05, 0) is 11.4 Å². The number of carbonyl (C=O) groups is 1. The highest BCUT2D eigenvalue weighted by atomic mass is 32.1. The van der Waals surface area contributed by atoms with Gasteiger partial charge in [-0.2, -0.15) is 5.10 Å². The molecular weight excluding hydrogens is 262 g/mol. The molecule has 0 saturated carbocycles. The number of amides is 1. The zero-order valence-electron chi connectivity index (χ0n) is 11.0. The van der Waals surface area contributed by atoms with Crippen molar-refractivity contribution in [2.24, 2.45) is 7.05 Å². The van der Waals surface area contributed by atoms with E-state index in [0.717, 1.165) is 35.9 Å². The number of nitrogens with zero attached hydrogens (tertiary/aromatic N) is 3. The first-order valence-electron chi connectivity index (χ1n) is 6.04. The van der Waals surface area contributed by atoms with Crippen molar-refractivity contribution >= 4 is 22.9 Å². The van der Waals surface area contributed by atoms with Crippen LogP contribution in [0.1, 0.15) is 17.6 Å². The van der Waals surface area contributed by atoms with Crippen LogP contribution in [0.4, 0.5) is 5.69 Å². The SMILES string of the molecule is CC(=O)Nc1ccsc1CNCCc1ncn(C)n1. The molecule has 0 aliphatic carbocycles. The zero-order chi connectivity index (χ0) is 13.7. The van der Waals surface area contributed by atoms with Gasteiger partial charge in [0.15, 0.2) is 5.82 Å². The van der Waals surface area contributed by atoms with Gasteiger partial charge in [-0.1, -0.05) is 0 Å². The molecule has 2 aromatic heterocycles. The minimum atomic E-state index is -0.0441. The van der Waals surface area contributed by atoms with E-state index in [1.54, 1.807) is 22.3 Å². The van der Waals surface area contributed by atoms with Crippen LogP contribution in [0.5, 0.6) is 0 Å². The summed E-state index contributed by atoms with van der Waals surface area (Å²) in [6.07, 6.45) is 2.49. The maximum atomic E-state index is 11.0. The van der Waals surface area contributed by atoms with E-state index in [0.29, 0.717) is 0 Å². The van der Waals surface area contributed by atoms with Gasteiger partial charge in [-0.3, -0.25) is 9.48 Å². The highest BCUT2D eigenvalue weighted by Gasteiger charge is 2.05. The van der Waals surface area contributed by atoms with Gasteiger partial charge in [0.1, 0.15) is 6.33 Å². The van der Waals surface area contributed by atoms with Crippen LogP contribution in [-0.2, 0) is 24.8 Å². The highest BCUT2D eigenvalue weighted by molar-refractivity contribution is 7.10. The summed E-state index contributed by atoms with van der Waals surface area (Å²) in [7, 11) is 1.86. The van der Waals surface area contributed by atoms with Crippen molar-refractivity contribution in [3.8, 4) is 0 Å². The molecule has 2 N–H and O–H groups in total. The van der Waals surface area contributed by atoms with E-state index in [1.807, 2.05) is 18.5 Å². The summed E-state index contributed by atoms with van der Waals surface area (Å²) >= 11 is 1.63. The summed E-state index contributed by atoms with van der Waals surface area (Å²) in [4.78, 5) is 16.3. The Morgan fingerprint density at radius 1 is 1.53 bits per heavy atom. The van der Waals surface area contributed by atoms with Crippen molar-refractivity contribution in [1.29, 1.82) is 0 Å². The summed E-state index contributed by atoms with van der Waals surface area (Å²) in [5.74, 6) is 0.792. The molecule has 0 atom stereocenters. The van der Waals surface area contributed by atoms with Crippen molar-refractivity contribution in [3.63, 3.8) is 0 Å². The fraction of sp³-hybridized carbons (Fsp3) is 0.417. The lowest BCUT2D eigenvalue weighted by Crippen LogP contribution is -2.18. The van der Waals surface area contributed by atoms with Gasteiger partial charge in [0.05, 0.1) is 5.69 Å². The van der Waals surface area contributed by atoms with E-state index in [1.165, 1.54) is 6.92 Å². The smallest absolute Gasteiger partial charge is 0.221 e. The third kappa shape index (κ3) is 4.15. The van der Waals surface area contributed by atoms with Crippen LogP contribution in [0, 0.1) is 0 Å². The van der Waals surface area contributed by atoms with E-state index >= 15 is 0 Å². The second-order valence-electron chi connectivity index (χ2n) is 4.20. The van der Waals surface area contributed by atoms with Crippen LogP contribution in [-0.4, -0.2) is 27.2 Å². The molecule has 2 rings (SSSR count). The molecule has 0 spiro atoms. The van der Waals surface area contributed by atoms with Gasteiger partial charge in [-0.25, -0.2) is 4.98 Å². The first-order valence-corrected chi connectivity index (χ1v) is 6.92. The van der Waals surface area contributed by atoms with Crippen LogP contribution in [0.3, 0.4) is 0 Å². The summed E-state index contributed by atoms with van der Waals surface area (Å²) in [6.45, 7) is 3.06. The third-order valence-corrected chi connectivity index (χ3v) is 3.44. The van der Waals surface area contributed by atoms with Crippen molar-refractivity contribution in [2.75, 3.05) is 11.9 Å². The van der Waals surface area contributed by atoms with Gasteiger partial charge in [0.25, 0.3) is 0 Å². The largest absolute Gasteiger partial charge is 0.325 e. The molecule has 6 nitrogen and oxygen atoms in total. The molecule has 2 aromatic rings. The number of thiophene rings is 1. The van der Waals surface area contributed by atoms with Gasteiger partial charge in [0.2, 0.25) is 5.91 Å². The average molecular weight is 279 g/mol. The normalized spacial score (nSPS) is 10.6. The predicted octanol–water partition coefficient (Wildman–Crippen LogP) is 1.17. The van der Waals surface area contributed by atoms with E-state index < -0.39 is 0 Å².